The first kappa shape index (κ1) is 18.2. The summed E-state index contributed by atoms with van der Waals surface area (Å²) in [5, 5.41) is 8.94. The summed E-state index contributed by atoms with van der Waals surface area (Å²) in [7, 11) is 0. The molecule has 0 aromatic carbocycles. The summed E-state index contributed by atoms with van der Waals surface area (Å²) in [5.74, 6) is 0.234. The largest absolute Gasteiger partial charge is 0.481 e. The minimum absolute atomic E-state index is 0.0372. The minimum Gasteiger partial charge on any atom is -0.481 e. The van der Waals surface area contributed by atoms with Crippen molar-refractivity contribution in [1.82, 2.24) is 9.88 Å². The molecule has 1 saturated heterocycles. The van der Waals surface area contributed by atoms with Gasteiger partial charge in [-0.05, 0) is 31.9 Å². The Morgan fingerprint density at radius 1 is 1.42 bits per heavy atom. The minimum atomic E-state index is -0.937. The molecule has 26 heavy (non-hydrogen) atoms. The number of carboxylic acid groups (broad SMARTS) is 1. The molecule has 1 aliphatic heterocycles. The number of carbonyl (C=O) groups excluding carboxylic acids is 1. The van der Waals surface area contributed by atoms with Gasteiger partial charge in [0.15, 0.2) is 5.76 Å². The Labute approximate surface area is 150 Å². The monoisotopic (exact) mass is 362 g/mol. The maximum Gasteiger partial charge on any atom is 0.305 e. The zero-order valence-electron chi connectivity index (χ0n) is 14.6. The Kier molecular flexibility index (Phi) is 5.72. The van der Waals surface area contributed by atoms with E-state index in [4.69, 9.17) is 18.7 Å². The quantitative estimate of drug-likeness (QED) is 0.768. The fourth-order valence-corrected chi connectivity index (χ4v) is 2.94. The Morgan fingerprint density at radius 2 is 2.27 bits per heavy atom. The van der Waals surface area contributed by atoms with Crippen LogP contribution in [-0.4, -0.2) is 52.7 Å². The summed E-state index contributed by atoms with van der Waals surface area (Å²) in [5.41, 5.74) is 0.522. The van der Waals surface area contributed by atoms with Crippen LogP contribution in [-0.2, 0) is 20.7 Å². The first-order chi connectivity index (χ1) is 12.5. The number of furan rings is 1. The normalized spacial score (nSPS) is 16.7. The van der Waals surface area contributed by atoms with Crippen molar-refractivity contribution in [3.63, 3.8) is 0 Å². The number of carbonyl (C=O) groups is 2. The topological polar surface area (TPSA) is 106 Å². The van der Waals surface area contributed by atoms with Crippen LogP contribution in [0.15, 0.2) is 27.2 Å². The van der Waals surface area contributed by atoms with Gasteiger partial charge in [0.1, 0.15) is 5.76 Å². The summed E-state index contributed by atoms with van der Waals surface area (Å²) in [6, 6.07) is 3.46. The van der Waals surface area contributed by atoms with E-state index in [1.54, 1.807) is 24.0 Å². The molecule has 0 aliphatic carbocycles. The fourth-order valence-electron chi connectivity index (χ4n) is 2.94. The van der Waals surface area contributed by atoms with E-state index in [1.165, 1.54) is 6.26 Å². The average molecular weight is 362 g/mol. The molecule has 0 unspecified atom stereocenters. The number of aliphatic carboxylic acids is 1. The van der Waals surface area contributed by atoms with Crippen molar-refractivity contribution in [2.24, 2.45) is 0 Å². The molecule has 0 bridgehead atoms. The second kappa shape index (κ2) is 8.18. The Bertz CT molecular complexity index is 746. The third-order valence-corrected chi connectivity index (χ3v) is 4.34. The second-order valence-electron chi connectivity index (χ2n) is 6.29. The van der Waals surface area contributed by atoms with Crippen molar-refractivity contribution in [2.45, 2.75) is 38.7 Å². The van der Waals surface area contributed by atoms with Crippen molar-refractivity contribution in [3.05, 3.63) is 29.9 Å². The standard InChI is InChI=1S/C18H22N2O6/c1-12-14(19-18(26-12)15-5-3-9-25-15)10-16(21)20(7-6-17(22)23)11-13-4-2-8-24-13/h3,5,9,13H,2,4,6-8,10-11H2,1H3,(H,22,23)/t13-/m0/s1. The van der Waals surface area contributed by atoms with E-state index in [1.807, 2.05) is 0 Å². The van der Waals surface area contributed by atoms with Gasteiger partial charge < -0.3 is 23.6 Å². The SMILES string of the molecule is Cc1oc(-c2ccco2)nc1CC(=O)N(CCC(=O)O)C[C@@H]1CCCO1. The van der Waals surface area contributed by atoms with Gasteiger partial charge in [-0.2, -0.15) is 0 Å². The Balaban J connectivity index is 1.68. The van der Waals surface area contributed by atoms with Crippen LogP contribution in [0.4, 0.5) is 0 Å². The predicted octanol–water partition coefficient (Wildman–Crippen LogP) is 2.27. The van der Waals surface area contributed by atoms with Gasteiger partial charge in [-0.15, -0.1) is 0 Å². The van der Waals surface area contributed by atoms with Crippen LogP contribution in [0.3, 0.4) is 0 Å². The summed E-state index contributed by atoms with van der Waals surface area (Å²) in [6.07, 6.45) is 3.26. The number of hydrogen-bond acceptors (Lipinski definition) is 6. The van der Waals surface area contributed by atoms with Crippen LogP contribution >= 0.6 is 0 Å². The highest BCUT2D eigenvalue weighted by Gasteiger charge is 2.25. The van der Waals surface area contributed by atoms with Gasteiger partial charge in [-0.3, -0.25) is 9.59 Å². The number of oxazole rings is 1. The van der Waals surface area contributed by atoms with Crippen molar-refractivity contribution in [1.29, 1.82) is 0 Å². The fraction of sp³-hybridized carbons (Fsp3) is 0.500. The smallest absolute Gasteiger partial charge is 0.305 e. The van der Waals surface area contributed by atoms with E-state index in [2.05, 4.69) is 4.98 Å². The van der Waals surface area contributed by atoms with E-state index in [0.29, 0.717) is 36.3 Å². The van der Waals surface area contributed by atoms with Crippen molar-refractivity contribution >= 4 is 11.9 Å². The molecular formula is C18H22N2O6. The number of rotatable bonds is 8. The molecule has 0 radical (unpaired) electrons. The van der Waals surface area contributed by atoms with E-state index in [-0.39, 0.29) is 31.4 Å². The first-order valence-electron chi connectivity index (χ1n) is 8.64. The van der Waals surface area contributed by atoms with Gasteiger partial charge in [-0.1, -0.05) is 0 Å². The predicted molar refractivity (Wildman–Crippen MR) is 90.5 cm³/mol. The third-order valence-electron chi connectivity index (χ3n) is 4.34. The lowest BCUT2D eigenvalue weighted by atomic mass is 10.2. The van der Waals surface area contributed by atoms with Crippen LogP contribution < -0.4 is 0 Å². The molecule has 1 amide bonds. The summed E-state index contributed by atoms with van der Waals surface area (Å²) < 4.78 is 16.4. The lowest BCUT2D eigenvalue weighted by molar-refractivity contribution is -0.139. The maximum atomic E-state index is 12.7. The molecular weight excluding hydrogens is 340 g/mol. The van der Waals surface area contributed by atoms with Gasteiger partial charge in [-0.25, -0.2) is 4.98 Å². The second-order valence-corrected chi connectivity index (χ2v) is 6.29. The highest BCUT2D eigenvalue weighted by molar-refractivity contribution is 5.79. The number of aryl methyl sites for hydroxylation is 1. The zero-order valence-corrected chi connectivity index (χ0v) is 14.6. The van der Waals surface area contributed by atoms with Gasteiger partial charge in [0, 0.05) is 19.7 Å². The van der Waals surface area contributed by atoms with Crippen LogP contribution in [0, 0.1) is 6.92 Å². The Morgan fingerprint density at radius 3 is 2.92 bits per heavy atom. The highest BCUT2D eigenvalue weighted by Crippen LogP contribution is 2.23. The molecule has 0 spiro atoms. The molecule has 3 heterocycles. The van der Waals surface area contributed by atoms with Gasteiger partial charge in [0.05, 0.1) is 30.9 Å². The maximum absolute atomic E-state index is 12.7. The lowest BCUT2D eigenvalue weighted by Gasteiger charge is -2.24. The zero-order chi connectivity index (χ0) is 18.5. The van der Waals surface area contributed by atoms with Gasteiger partial charge in [0.2, 0.25) is 5.91 Å². The van der Waals surface area contributed by atoms with Crippen molar-refractivity contribution in [2.75, 3.05) is 19.7 Å². The average Bonchev–Trinajstić information content (AvgIpc) is 3.34. The lowest BCUT2D eigenvalue weighted by Crippen LogP contribution is -2.39. The number of aromatic nitrogens is 1. The molecule has 1 fully saturated rings. The highest BCUT2D eigenvalue weighted by atomic mass is 16.5. The number of ether oxygens (including phenoxy) is 1. The van der Waals surface area contributed by atoms with Crippen LogP contribution in [0.5, 0.6) is 0 Å². The van der Waals surface area contributed by atoms with Gasteiger partial charge >= 0.3 is 5.97 Å². The molecule has 1 aliphatic rings. The summed E-state index contributed by atoms with van der Waals surface area (Å²) in [4.78, 5) is 29.5. The summed E-state index contributed by atoms with van der Waals surface area (Å²) in [6.45, 7) is 2.97. The number of amides is 1. The Hall–Kier alpha value is -2.61. The molecule has 8 heteroatoms. The van der Waals surface area contributed by atoms with Crippen LogP contribution in [0.25, 0.3) is 11.7 Å². The number of nitrogens with zero attached hydrogens (tertiary/aromatic N) is 2. The number of hydrogen-bond donors (Lipinski definition) is 1. The van der Waals surface area contributed by atoms with Crippen LogP contribution in [0.1, 0.15) is 30.7 Å². The van der Waals surface area contributed by atoms with E-state index in [0.717, 1.165) is 12.8 Å². The van der Waals surface area contributed by atoms with Gasteiger partial charge in [0.25, 0.3) is 5.89 Å². The molecule has 140 valence electrons. The van der Waals surface area contributed by atoms with E-state index >= 15 is 0 Å². The molecule has 2 aromatic heterocycles. The molecule has 0 saturated carbocycles. The number of carboxylic acids is 1. The molecule has 1 atom stereocenters. The van der Waals surface area contributed by atoms with Crippen molar-refractivity contribution < 1.29 is 28.3 Å². The first-order valence-corrected chi connectivity index (χ1v) is 8.64. The van der Waals surface area contributed by atoms with E-state index < -0.39 is 5.97 Å². The molecule has 8 nitrogen and oxygen atoms in total. The molecule has 3 rings (SSSR count). The third kappa shape index (κ3) is 4.51. The van der Waals surface area contributed by atoms with Crippen LogP contribution in [0.2, 0.25) is 0 Å². The molecule has 1 N–H and O–H groups in total. The van der Waals surface area contributed by atoms with E-state index in [9.17, 15) is 9.59 Å². The molecule has 2 aromatic rings. The van der Waals surface area contributed by atoms with Crippen molar-refractivity contribution in [3.8, 4) is 11.7 Å². The summed E-state index contributed by atoms with van der Waals surface area (Å²) >= 11 is 0.